The van der Waals surface area contributed by atoms with Crippen molar-refractivity contribution in [3.8, 4) is 0 Å². The number of aromatic nitrogens is 3. The Balaban J connectivity index is 1.35. The highest BCUT2D eigenvalue weighted by molar-refractivity contribution is 5.78. The fraction of sp³-hybridized carbons (Fsp3) is 0.842. The first kappa shape index (κ1) is 17.0. The van der Waals surface area contributed by atoms with E-state index in [2.05, 4.69) is 20.3 Å². The fourth-order valence-electron chi connectivity index (χ4n) is 4.36. The quantitative estimate of drug-likeness (QED) is 0.821. The SMILES string of the molecule is Cc1nc(C)n(C[C@@H]2CCCCN2CC(=O)NC(C2CC2)C2CC2)n1. The van der Waals surface area contributed by atoms with Crippen LogP contribution in [0.25, 0.3) is 0 Å². The minimum absolute atomic E-state index is 0.224. The summed E-state index contributed by atoms with van der Waals surface area (Å²) in [4.78, 5) is 19.4. The van der Waals surface area contributed by atoms with Gasteiger partial charge in [-0.1, -0.05) is 6.42 Å². The van der Waals surface area contributed by atoms with E-state index in [1.54, 1.807) is 0 Å². The molecule has 25 heavy (non-hydrogen) atoms. The summed E-state index contributed by atoms with van der Waals surface area (Å²) in [7, 11) is 0. The van der Waals surface area contributed by atoms with E-state index in [0.717, 1.165) is 43.0 Å². The molecule has 2 aliphatic carbocycles. The molecular weight excluding hydrogens is 314 g/mol. The molecule has 1 aromatic heterocycles. The number of amides is 1. The molecule has 2 heterocycles. The summed E-state index contributed by atoms with van der Waals surface area (Å²) in [5.41, 5.74) is 0. The number of rotatable bonds is 7. The summed E-state index contributed by atoms with van der Waals surface area (Å²) in [6, 6.07) is 0.843. The summed E-state index contributed by atoms with van der Waals surface area (Å²) < 4.78 is 2.01. The highest BCUT2D eigenvalue weighted by Crippen LogP contribution is 2.44. The van der Waals surface area contributed by atoms with Gasteiger partial charge >= 0.3 is 0 Å². The van der Waals surface area contributed by atoms with Crippen LogP contribution in [0.2, 0.25) is 0 Å². The summed E-state index contributed by atoms with van der Waals surface area (Å²) in [5.74, 6) is 3.54. The lowest BCUT2D eigenvalue weighted by atomic mass is 10.0. The lowest BCUT2D eigenvalue weighted by Gasteiger charge is -2.35. The molecule has 0 unspecified atom stereocenters. The van der Waals surface area contributed by atoms with E-state index in [4.69, 9.17) is 0 Å². The van der Waals surface area contributed by atoms with Crippen molar-refractivity contribution in [3.63, 3.8) is 0 Å². The highest BCUT2D eigenvalue weighted by Gasteiger charge is 2.42. The molecule has 0 bridgehead atoms. The molecule has 1 saturated heterocycles. The van der Waals surface area contributed by atoms with Gasteiger partial charge in [-0.15, -0.1) is 0 Å². The van der Waals surface area contributed by atoms with Gasteiger partial charge in [-0.25, -0.2) is 9.67 Å². The van der Waals surface area contributed by atoms with E-state index in [1.807, 2.05) is 18.5 Å². The van der Waals surface area contributed by atoms with Crippen LogP contribution >= 0.6 is 0 Å². The van der Waals surface area contributed by atoms with E-state index in [0.29, 0.717) is 18.6 Å². The van der Waals surface area contributed by atoms with Crippen molar-refractivity contribution >= 4 is 5.91 Å². The molecule has 1 aromatic rings. The maximum atomic E-state index is 12.7. The van der Waals surface area contributed by atoms with E-state index in [1.165, 1.54) is 38.5 Å². The van der Waals surface area contributed by atoms with Gasteiger partial charge in [0.15, 0.2) is 0 Å². The standard InChI is InChI=1S/C19H31N5O/c1-13-20-14(2)24(22-13)11-17-5-3-4-10-23(17)12-18(25)21-19(15-6-7-15)16-8-9-16/h15-17,19H,3-12H2,1-2H3,(H,21,25)/t17-/m0/s1. The van der Waals surface area contributed by atoms with Crippen molar-refractivity contribution < 1.29 is 4.79 Å². The average Bonchev–Trinajstić information content (AvgIpc) is 3.47. The van der Waals surface area contributed by atoms with Crippen LogP contribution in [-0.2, 0) is 11.3 Å². The Hall–Kier alpha value is -1.43. The first-order chi connectivity index (χ1) is 12.1. The zero-order chi connectivity index (χ0) is 17.4. The largest absolute Gasteiger partial charge is 0.352 e. The predicted octanol–water partition coefficient (Wildman–Crippen LogP) is 2.05. The number of nitrogens with one attached hydrogen (secondary N) is 1. The second-order valence-corrected chi connectivity index (χ2v) is 8.28. The molecule has 2 saturated carbocycles. The molecule has 1 amide bonds. The number of carbonyl (C=O) groups excluding carboxylic acids is 1. The number of likely N-dealkylation sites (tertiary alicyclic amines) is 1. The first-order valence-electron chi connectivity index (χ1n) is 10.0. The van der Waals surface area contributed by atoms with Crippen LogP contribution in [0.5, 0.6) is 0 Å². The summed E-state index contributed by atoms with van der Waals surface area (Å²) in [5, 5.41) is 7.88. The number of hydrogen-bond donors (Lipinski definition) is 1. The van der Waals surface area contributed by atoms with Crippen LogP contribution in [0.3, 0.4) is 0 Å². The second kappa shape index (κ2) is 7.06. The lowest BCUT2D eigenvalue weighted by molar-refractivity contribution is -0.124. The molecule has 0 spiro atoms. The smallest absolute Gasteiger partial charge is 0.234 e. The maximum absolute atomic E-state index is 12.7. The molecule has 138 valence electrons. The number of hydrogen-bond acceptors (Lipinski definition) is 4. The zero-order valence-electron chi connectivity index (χ0n) is 15.6. The topological polar surface area (TPSA) is 63.1 Å². The van der Waals surface area contributed by atoms with E-state index >= 15 is 0 Å². The van der Waals surface area contributed by atoms with Crippen LogP contribution in [0.1, 0.15) is 56.6 Å². The Morgan fingerprint density at radius 1 is 1.16 bits per heavy atom. The van der Waals surface area contributed by atoms with Gasteiger partial charge < -0.3 is 5.32 Å². The fourth-order valence-corrected chi connectivity index (χ4v) is 4.36. The third-order valence-corrected chi connectivity index (χ3v) is 6.03. The van der Waals surface area contributed by atoms with Crippen molar-refractivity contribution in [2.45, 2.75) is 77.4 Å². The number of nitrogens with zero attached hydrogens (tertiary/aromatic N) is 4. The van der Waals surface area contributed by atoms with Crippen LogP contribution in [0.15, 0.2) is 0 Å². The van der Waals surface area contributed by atoms with Crippen molar-refractivity contribution in [2.75, 3.05) is 13.1 Å². The lowest BCUT2D eigenvalue weighted by Crippen LogP contribution is -2.49. The van der Waals surface area contributed by atoms with Gasteiger partial charge in [0, 0.05) is 12.1 Å². The minimum atomic E-state index is 0.224. The van der Waals surface area contributed by atoms with Gasteiger partial charge in [0.2, 0.25) is 5.91 Å². The molecular formula is C19H31N5O. The Morgan fingerprint density at radius 2 is 1.88 bits per heavy atom. The highest BCUT2D eigenvalue weighted by atomic mass is 16.2. The van der Waals surface area contributed by atoms with Crippen molar-refractivity contribution in [2.24, 2.45) is 11.8 Å². The maximum Gasteiger partial charge on any atom is 0.234 e. The normalized spacial score (nSPS) is 24.7. The Labute approximate surface area is 150 Å². The zero-order valence-corrected chi connectivity index (χ0v) is 15.6. The number of piperidine rings is 1. The summed E-state index contributed by atoms with van der Waals surface area (Å²) >= 11 is 0. The van der Waals surface area contributed by atoms with Gasteiger partial charge in [0.25, 0.3) is 0 Å². The van der Waals surface area contributed by atoms with E-state index in [-0.39, 0.29) is 5.91 Å². The Kier molecular flexibility index (Phi) is 4.80. The summed E-state index contributed by atoms with van der Waals surface area (Å²) in [6.07, 6.45) is 8.78. The van der Waals surface area contributed by atoms with Gasteiger partial charge in [0.05, 0.1) is 13.1 Å². The Bertz CT molecular complexity index is 607. The molecule has 6 nitrogen and oxygen atoms in total. The average molecular weight is 345 g/mol. The molecule has 1 atom stereocenters. The summed E-state index contributed by atoms with van der Waals surface area (Å²) in [6.45, 7) is 6.34. The monoisotopic (exact) mass is 345 g/mol. The predicted molar refractivity (Wildman–Crippen MR) is 96.1 cm³/mol. The minimum Gasteiger partial charge on any atom is -0.352 e. The third kappa shape index (κ3) is 4.22. The molecule has 6 heteroatoms. The second-order valence-electron chi connectivity index (χ2n) is 8.28. The van der Waals surface area contributed by atoms with E-state index < -0.39 is 0 Å². The molecule has 0 aromatic carbocycles. The molecule has 3 aliphatic rings. The Morgan fingerprint density at radius 3 is 2.48 bits per heavy atom. The van der Waals surface area contributed by atoms with Gasteiger partial charge in [-0.3, -0.25) is 9.69 Å². The van der Waals surface area contributed by atoms with Gasteiger partial charge in [-0.2, -0.15) is 5.10 Å². The first-order valence-corrected chi connectivity index (χ1v) is 10.0. The third-order valence-electron chi connectivity index (χ3n) is 6.03. The molecule has 0 radical (unpaired) electrons. The van der Waals surface area contributed by atoms with Crippen molar-refractivity contribution in [1.82, 2.24) is 25.0 Å². The van der Waals surface area contributed by atoms with Gasteiger partial charge in [0.1, 0.15) is 11.6 Å². The molecule has 4 rings (SSSR count). The van der Waals surface area contributed by atoms with Gasteiger partial charge in [-0.05, 0) is 70.8 Å². The van der Waals surface area contributed by atoms with E-state index in [9.17, 15) is 4.79 Å². The van der Waals surface area contributed by atoms with Crippen LogP contribution in [-0.4, -0.2) is 50.7 Å². The van der Waals surface area contributed by atoms with Crippen LogP contribution < -0.4 is 5.32 Å². The number of aryl methyl sites for hydroxylation is 2. The van der Waals surface area contributed by atoms with Crippen molar-refractivity contribution in [3.05, 3.63) is 11.6 Å². The number of carbonyl (C=O) groups is 1. The molecule has 1 aliphatic heterocycles. The molecule has 3 fully saturated rings. The van der Waals surface area contributed by atoms with Crippen LogP contribution in [0.4, 0.5) is 0 Å². The molecule has 1 N–H and O–H groups in total. The van der Waals surface area contributed by atoms with Crippen LogP contribution in [0, 0.1) is 25.7 Å². The van der Waals surface area contributed by atoms with Crippen molar-refractivity contribution in [1.29, 1.82) is 0 Å².